The van der Waals surface area contributed by atoms with E-state index in [1.165, 1.54) is 0 Å². The minimum atomic E-state index is -0.494. The van der Waals surface area contributed by atoms with Crippen LogP contribution in [-0.4, -0.2) is 39.3 Å². The topological polar surface area (TPSA) is 75.2 Å². The van der Waals surface area contributed by atoms with Crippen molar-refractivity contribution in [2.75, 3.05) is 6.54 Å². The van der Waals surface area contributed by atoms with Gasteiger partial charge in [-0.1, -0.05) is 20.8 Å². The summed E-state index contributed by atoms with van der Waals surface area (Å²) in [6, 6.07) is 1.27. The Hall–Kier alpha value is -1.98. The molecule has 108 valence electrons. The average molecular weight is 276 g/mol. The van der Waals surface area contributed by atoms with Gasteiger partial charge >= 0.3 is 0 Å². The monoisotopic (exact) mass is 276 g/mol. The number of hydrogen-bond donors (Lipinski definition) is 1. The molecule has 0 aliphatic carbocycles. The first-order valence-corrected chi connectivity index (χ1v) is 6.64. The van der Waals surface area contributed by atoms with Gasteiger partial charge in [0.05, 0.1) is 12.2 Å². The molecule has 0 bridgehead atoms. The highest BCUT2D eigenvalue weighted by Gasteiger charge is 2.39. The van der Waals surface area contributed by atoms with Crippen molar-refractivity contribution in [3.05, 3.63) is 23.8 Å². The van der Waals surface area contributed by atoms with E-state index in [0.29, 0.717) is 12.4 Å². The van der Waals surface area contributed by atoms with Gasteiger partial charge in [0.15, 0.2) is 0 Å². The molecule has 1 fully saturated rings. The van der Waals surface area contributed by atoms with Crippen LogP contribution < -0.4 is 5.32 Å². The minimum absolute atomic E-state index is 0.0617. The smallest absolute Gasteiger partial charge is 0.246 e. The number of hydrogen-bond acceptors (Lipinski definition) is 4. The molecule has 1 aromatic heterocycles. The van der Waals surface area contributed by atoms with Crippen LogP contribution in [0.25, 0.3) is 0 Å². The number of carbonyl (C=O) groups is 2. The molecule has 2 heterocycles. The summed E-state index contributed by atoms with van der Waals surface area (Å²) in [5.41, 5.74) is 0.431. The molecule has 0 aromatic carbocycles. The summed E-state index contributed by atoms with van der Waals surface area (Å²) in [5, 5.41) is 2.77. The number of nitrogens with zero attached hydrogens (tertiary/aromatic N) is 3. The third-order valence-corrected chi connectivity index (χ3v) is 3.25. The first kappa shape index (κ1) is 14.4. The number of rotatable bonds is 2. The summed E-state index contributed by atoms with van der Waals surface area (Å²) in [4.78, 5) is 34.1. The SMILES string of the molecule is Cc1nccc(CN2CC(=O)NC(C(C)(C)C)C2=O)n1. The van der Waals surface area contributed by atoms with Crippen LogP contribution >= 0.6 is 0 Å². The van der Waals surface area contributed by atoms with Gasteiger partial charge in [-0.2, -0.15) is 0 Å². The molecule has 1 aromatic rings. The van der Waals surface area contributed by atoms with Crippen molar-refractivity contribution in [3.8, 4) is 0 Å². The Labute approximate surface area is 118 Å². The van der Waals surface area contributed by atoms with Crippen molar-refractivity contribution in [2.45, 2.75) is 40.3 Å². The van der Waals surface area contributed by atoms with Gasteiger partial charge in [0.1, 0.15) is 18.4 Å². The Bertz CT molecular complexity index is 536. The predicted molar refractivity (Wildman–Crippen MR) is 73.6 cm³/mol. The van der Waals surface area contributed by atoms with Crippen LogP contribution in [0.3, 0.4) is 0 Å². The number of aromatic nitrogens is 2. The standard InChI is InChI=1S/C14H20N4O2/c1-9-15-6-5-10(16-9)7-18-8-11(19)17-12(13(18)20)14(2,3)4/h5-6,12H,7-8H2,1-4H3,(H,17,19). The molecule has 1 N–H and O–H groups in total. The summed E-state index contributed by atoms with van der Waals surface area (Å²) >= 11 is 0. The lowest BCUT2D eigenvalue weighted by Gasteiger charge is -2.38. The maximum Gasteiger partial charge on any atom is 0.246 e. The Balaban J connectivity index is 2.18. The molecule has 6 nitrogen and oxygen atoms in total. The van der Waals surface area contributed by atoms with E-state index in [0.717, 1.165) is 5.69 Å². The zero-order chi connectivity index (χ0) is 14.9. The summed E-state index contributed by atoms with van der Waals surface area (Å²) in [7, 11) is 0. The molecular formula is C14H20N4O2. The van der Waals surface area contributed by atoms with Crippen molar-refractivity contribution in [3.63, 3.8) is 0 Å². The molecule has 1 saturated heterocycles. The lowest BCUT2D eigenvalue weighted by Crippen LogP contribution is -2.61. The van der Waals surface area contributed by atoms with E-state index in [1.54, 1.807) is 24.1 Å². The zero-order valence-corrected chi connectivity index (χ0v) is 12.3. The van der Waals surface area contributed by atoms with Crippen LogP contribution in [0, 0.1) is 12.3 Å². The summed E-state index contributed by atoms with van der Waals surface area (Å²) in [6.45, 7) is 8.03. The van der Waals surface area contributed by atoms with Gasteiger partial charge in [0.2, 0.25) is 11.8 Å². The van der Waals surface area contributed by atoms with Gasteiger partial charge in [0, 0.05) is 6.20 Å². The molecule has 0 spiro atoms. The predicted octanol–water partition coefficient (Wildman–Crippen LogP) is 0.658. The number of nitrogens with one attached hydrogen (secondary N) is 1. The van der Waals surface area contributed by atoms with Crippen molar-refractivity contribution < 1.29 is 9.59 Å². The molecular weight excluding hydrogens is 256 g/mol. The molecule has 1 aliphatic rings. The van der Waals surface area contributed by atoms with Gasteiger partial charge < -0.3 is 10.2 Å². The molecule has 2 amide bonds. The van der Waals surface area contributed by atoms with Gasteiger partial charge in [0.25, 0.3) is 0 Å². The maximum atomic E-state index is 12.5. The molecule has 20 heavy (non-hydrogen) atoms. The molecule has 1 aliphatic heterocycles. The quantitative estimate of drug-likeness (QED) is 0.861. The first-order chi connectivity index (χ1) is 9.27. The van der Waals surface area contributed by atoms with E-state index in [-0.39, 0.29) is 23.8 Å². The minimum Gasteiger partial charge on any atom is -0.342 e. The number of aryl methyl sites for hydroxylation is 1. The third kappa shape index (κ3) is 3.12. The second-order valence-corrected chi connectivity index (χ2v) is 6.16. The number of carbonyl (C=O) groups excluding carboxylic acids is 2. The summed E-state index contributed by atoms with van der Waals surface area (Å²) < 4.78 is 0. The Kier molecular flexibility index (Phi) is 3.74. The van der Waals surface area contributed by atoms with Crippen LogP contribution in [0.4, 0.5) is 0 Å². The molecule has 1 atom stereocenters. The largest absolute Gasteiger partial charge is 0.342 e. The van der Waals surface area contributed by atoms with Gasteiger partial charge in [-0.05, 0) is 18.4 Å². The van der Waals surface area contributed by atoms with Crippen LogP contribution in [-0.2, 0) is 16.1 Å². The number of amides is 2. The fraction of sp³-hybridized carbons (Fsp3) is 0.571. The van der Waals surface area contributed by atoms with E-state index in [2.05, 4.69) is 15.3 Å². The summed E-state index contributed by atoms with van der Waals surface area (Å²) in [5.74, 6) is 0.465. The van der Waals surface area contributed by atoms with Gasteiger partial charge in [-0.3, -0.25) is 9.59 Å². The Morgan fingerprint density at radius 3 is 2.70 bits per heavy atom. The van der Waals surface area contributed by atoms with E-state index in [1.807, 2.05) is 20.8 Å². The van der Waals surface area contributed by atoms with E-state index in [4.69, 9.17) is 0 Å². The van der Waals surface area contributed by atoms with Crippen molar-refractivity contribution in [1.29, 1.82) is 0 Å². The van der Waals surface area contributed by atoms with Crippen LogP contribution in [0.5, 0.6) is 0 Å². The maximum absolute atomic E-state index is 12.5. The van der Waals surface area contributed by atoms with Crippen LogP contribution in [0.2, 0.25) is 0 Å². The lowest BCUT2D eigenvalue weighted by atomic mass is 9.85. The average Bonchev–Trinajstić information content (AvgIpc) is 2.32. The zero-order valence-electron chi connectivity index (χ0n) is 12.3. The fourth-order valence-electron chi connectivity index (χ4n) is 2.21. The number of piperazine rings is 1. The normalized spacial score (nSPS) is 20.0. The second kappa shape index (κ2) is 5.19. The highest BCUT2D eigenvalue weighted by molar-refractivity contribution is 5.95. The van der Waals surface area contributed by atoms with E-state index >= 15 is 0 Å². The lowest BCUT2D eigenvalue weighted by molar-refractivity contribution is -0.148. The Morgan fingerprint density at radius 1 is 1.40 bits per heavy atom. The summed E-state index contributed by atoms with van der Waals surface area (Å²) in [6.07, 6.45) is 1.66. The Morgan fingerprint density at radius 2 is 2.10 bits per heavy atom. The van der Waals surface area contributed by atoms with Crippen LogP contribution in [0.15, 0.2) is 12.3 Å². The highest BCUT2D eigenvalue weighted by atomic mass is 16.2. The third-order valence-electron chi connectivity index (χ3n) is 3.25. The van der Waals surface area contributed by atoms with Gasteiger partial charge in [-0.15, -0.1) is 0 Å². The molecule has 0 radical (unpaired) electrons. The first-order valence-electron chi connectivity index (χ1n) is 6.64. The van der Waals surface area contributed by atoms with Gasteiger partial charge in [-0.25, -0.2) is 9.97 Å². The van der Waals surface area contributed by atoms with E-state index < -0.39 is 6.04 Å². The van der Waals surface area contributed by atoms with Crippen molar-refractivity contribution in [2.24, 2.45) is 5.41 Å². The molecule has 6 heteroatoms. The molecule has 1 unspecified atom stereocenters. The van der Waals surface area contributed by atoms with Crippen LogP contribution in [0.1, 0.15) is 32.3 Å². The molecule has 0 saturated carbocycles. The van der Waals surface area contributed by atoms with E-state index in [9.17, 15) is 9.59 Å². The highest BCUT2D eigenvalue weighted by Crippen LogP contribution is 2.23. The second-order valence-electron chi connectivity index (χ2n) is 6.16. The molecule has 2 rings (SSSR count). The van der Waals surface area contributed by atoms with Crippen molar-refractivity contribution in [1.82, 2.24) is 20.2 Å². The fourth-order valence-corrected chi connectivity index (χ4v) is 2.21. The van der Waals surface area contributed by atoms with Crippen molar-refractivity contribution >= 4 is 11.8 Å².